The van der Waals surface area contributed by atoms with Gasteiger partial charge in [-0.2, -0.15) is 5.26 Å². The molecule has 690 valence electrons. The van der Waals surface area contributed by atoms with Gasteiger partial charge in [0.05, 0.1) is 69.4 Å². The molecule has 6 nitrogen and oxygen atoms in total. The van der Waals surface area contributed by atoms with Crippen molar-refractivity contribution in [3.63, 3.8) is 0 Å². The Morgan fingerprint density at radius 2 is 0.457 bits per heavy atom. The number of nitrogens with zero attached hydrogens (tertiary/aromatic N) is 6. The van der Waals surface area contributed by atoms with Crippen LogP contribution in [0.2, 0.25) is 24.7 Å². The van der Waals surface area contributed by atoms with Crippen LogP contribution >= 0.6 is 11.6 Å². The van der Waals surface area contributed by atoms with Crippen molar-refractivity contribution in [1.82, 2.24) is 13.2 Å². The Morgan fingerprint density at radius 1 is 0.243 bits per heavy atom. The normalized spacial score (nSPS) is 12.7. The Hall–Kier alpha value is -14.3. The van der Waals surface area contributed by atoms with E-state index in [0.29, 0.717) is 41.1 Å². The molecule has 0 saturated heterocycles. The Labute approximate surface area is 827 Å². The third-order valence-corrected chi connectivity index (χ3v) is 33.0. The molecule has 25 aromatic rings. The lowest BCUT2D eigenvalue weighted by Gasteiger charge is -2.28. The van der Waals surface area contributed by atoms with Crippen molar-refractivity contribution in [1.29, 1.82) is 5.26 Å². The highest BCUT2D eigenvalue weighted by Crippen LogP contribution is 2.52. The fraction of sp³-hybridized carbons (Fsp3) is 0.220. The Kier molecular flexibility index (Phi) is 21.3. The van der Waals surface area contributed by atoms with E-state index < -0.39 is 8.07 Å². The number of aromatic nitrogens is 3. The third-order valence-electron chi connectivity index (χ3n) is 30.7. The van der Waals surface area contributed by atoms with Gasteiger partial charge in [-0.15, -0.1) is 0 Å². The van der Waals surface area contributed by atoms with Crippen LogP contribution in [-0.4, -0.2) is 21.3 Å². The summed E-state index contributed by atoms with van der Waals surface area (Å²) in [5.74, 6) is 2.90. The maximum Gasteiger partial charge on any atom is 0.0991 e. The van der Waals surface area contributed by atoms with Gasteiger partial charge in [0, 0.05) is 104 Å². The second-order valence-corrected chi connectivity index (χ2v) is 50.7. The van der Waals surface area contributed by atoms with Crippen LogP contribution in [-0.2, 0) is 10.8 Å². The summed E-state index contributed by atoms with van der Waals surface area (Å²) in [5, 5.41) is 42.5. The van der Waals surface area contributed by atoms with E-state index in [9.17, 15) is 5.26 Å². The predicted molar refractivity (Wildman–Crippen MR) is 612 cm³/mol. The quantitative estimate of drug-likeness (QED) is 0.108. The van der Waals surface area contributed by atoms with Crippen molar-refractivity contribution in [2.45, 2.75) is 191 Å². The fourth-order valence-electron chi connectivity index (χ4n) is 22.5. The lowest BCUT2D eigenvalue weighted by Crippen LogP contribution is -2.37. The molecule has 0 aliphatic heterocycles. The van der Waals surface area contributed by atoms with Crippen molar-refractivity contribution < 1.29 is 0 Å². The van der Waals surface area contributed by atoms with Crippen LogP contribution in [0.4, 0.5) is 34.1 Å². The molecule has 0 radical (unpaired) electrons. The van der Waals surface area contributed by atoms with Crippen LogP contribution in [0.25, 0.3) is 179 Å². The highest BCUT2D eigenvalue weighted by atomic mass is 35.5. The number of rotatable bonds is 13. The van der Waals surface area contributed by atoms with E-state index in [4.69, 9.17) is 11.6 Å². The average Bonchev–Trinajstić information content (AvgIpc) is 1.54. The largest absolute Gasteiger partial charge is 0.310 e. The molecule has 0 fully saturated rings. The van der Waals surface area contributed by atoms with Gasteiger partial charge in [0.1, 0.15) is 0 Å². The summed E-state index contributed by atoms with van der Waals surface area (Å²) in [6.45, 7) is 48.1. The average molecular weight is 1860 g/mol. The second-order valence-electron chi connectivity index (χ2n) is 45.1. The van der Waals surface area contributed by atoms with Gasteiger partial charge >= 0.3 is 0 Å². The van der Waals surface area contributed by atoms with Gasteiger partial charge in [0.25, 0.3) is 0 Å². The maximum absolute atomic E-state index is 9.65. The lowest BCUT2D eigenvalue weighted by molar-refractivity contribution is 0.590. The standard InChI is InChI=1S/C52H52N2.C48H43N3Si.C32H26ClN/c1-31(2)33-11-13-35-27-48-44(25-37(35)23-33)46-29-43(30-47-45-26-38-24-34(32(3)4)12-14-36(38)28-49(45)54(48)50(46)47)53(41-19-15-39(16-20-41)51(5,6)7)42-21-17-40(18-22-42)52(8,9)10;1-29(2)32-10-12-34-24-46-42(22-36(34)20-32)44-26-40(50(38-14-8-31(28-49)9-15-38)39-16-18-41(19-17-39)52(5,6)7)27-45-43-23-37-21-33(30(3)4)11-13-35(37)25-47(43)51(46)48(44)45;1-17(2)19-5-7-21-13-30-26(11-23(21)9-19)28-15-25(33)16-29-27-12-24-10-20(18(3)4)6-8-22(24)14-31(27)34(30)32(28)29/h11-32H,1-10H3;8-27,29-30H,1-7H3;5-18H,1-4H3. The summed E-state index contributed by atoms with van der Waals surface area (Å²) < 4.78 is 7.52. The smallest absolute Gasteiger partial charge is 0.0991 e. The van der Waals surface area contributed by atoms with Gasteiger partial charge in [0.2, 0.25) is 0 Å². The van der Waals surface area contributed by atoms with Gasteiger partial charge in [-0.1, -0.05) is 307 Å². The maximum atomic E-state index is 9.65. The Morgan fingerprint density at radius 3 is 0.664 bits per heavy atom. The minimum Gasteiger partial charge on any atom is -0.310 e. The molecule has 8 heteroatoms. The van der Waals surface area contributed by atoms with Crippen LogP contribution < -0.4 is 15.0 Å². The zero-order chi connectivity index (χ0) is 97.2. The first-order valence-electron chi connectivity index (χ1n) is 50.5. The van der Waals surface area contributed by atoms with Gasteiger partial charge in [-0.25, -0.2) is 0 Å². The van der Waals surface area contributed by atoms with E-state index in [1.165, 1.54) is 234 Å². The van der Waals surface area contributed by atoms with Crippen LogP contribution in [0, 0.1) is 11.3 Å². The lowest BCUT2D eigenvalue weighted by atomic mass is 9.86. The van der Waals surface area contributed by atoms with Gasteiger partial charge in [-0.3, -0.25) is 0 Å². The molecule has 0 aliphatic rings. The van der Waals surface area contributed by atoms with E-state index in [1.807, 2.05) is 12.1 Å². The minimum absolute atomic E-state index is 0.0739. The molecule has 0 saturated carbocycles. The first-order valence-corrected chi connectivity index (χ1v) is 54.4. The molecule has 0 spiro atoms. The molecule has 0 amide bonds. The Bertz CT molecular complexity index is 8910. The SMILES string of the molecule is CC(C)c1ccc2cc3c(cc2c1)c1cc(Cl)cc2c4cc5cc(C(C)C)ccc5cc4n3c12.CC(C)c1ccc2cc3c(cc2c1)c1cc(N(c2ccc(C#N)cc2)c2ccc([Si](C)(C)C)cc2)cc2c4cc5cc(C(C)C)ccc5cc4n3c12.CC(C)c1ccc2cc3c(cc2c1)c1cc(N(c2ccc(C(C)(C)C)cc2)c2ccc(C(C)(C)C)cc2)cc2c4cc5cc(C(C)C)ccc5cc4n3c12. The molecule has 0 bridgehead atoms. The van der Waals surface area contributed by atoms with E-state index in [0.717, 1.165) is 33.5 Å². The summed E-state index contributed by atoms with van der Waals surface area (Å²) in [4.78, 5) is 4.83. The van der Waals surface area contributed by atoms with Crippen LogP contribution in [0.3, 0.4) is 0 Å². The summed E-state index contributed by atoms with van der Waals surface area (Å²) >= 11 is 6.71. The molecule has 25 rings (SSSR count). The van der Waals surface area contributed by atoms with Gasteiger partial charge < -0.3 is 23.0 Å². The first-order chi connectivity index (χ1) is 67.0. The highest BCUT2D eigenvalue weighted by Gasteiger charge is 2.30. The number of hydrogen-bond donors (Lipinski definition) is 0. The van der Waals surface area contributed by atoms with E-state index in [1.54, 1.807) is 0 Å². The molecule has 0 atom stereocenters. The van der Waals surface area contributed by atoms with Gasteiger partial charge in [0.15, 0.2) is 0 Å². The molecular weight excluding hydrogens is 1730 g/mol. The number of fused-ring (bicyclic) bond motifs is 24. The number of nitriles is 1. The van der Waals surface area contributed by atoms with Crippen molar-refractivity contribution in [2.75, 3.05) is 9.80 Å². The first kappa shape index (κ1) is 89.6. The number of halogens is 1. The molecule has 6 heterocycles. The molecule has 0 N–H and O–H groups in total. The van der Waals surface area contributed by atoms with E-state index in [-0.39, 0.29) is 10.8 Å². The fourth-order valence-corrected chi connectivity index (χ4v) is 23.8. The Balaban J connectivity index is 0.000000120. The van der Waals surface area contributed by atoms with Gasteiger partial charge in [-0.05, 0) is 325 Å². The summed E-state index contributed by atoms with van der Waals surface area (Å²) in [5.41, 5.74) is 29.7. The summed E-state index contributed by atoms with van der Waals surface area (Å²) in [6, 6.07) is 122. The number of anilines is 6. The topological polar surface area (TPSA) is 43.5 Å². The number of hydrogen-bond acceptors (Lipinski definition) is 3. The second kappa shape index (κ2) is 33.2. The van der Waals surface area contributed by atoms with Crippen LogP contribution in [0.1, 0.15) is 210 Å². The molecule has 0 unspecified atom stereocenters. The monoisotopic (exact) mass is 1850 g/mol. The third kappa shape index (κ3) is 15.1. The van der Waals surface area contributed by atoms with E-state index >= 15 is 0 Å². The van der Waals surface area contributed by atoms with Crippen LogP contribution in [0.15, 0.2) is 315 Å². The summed E-state index contributed by atoms with van der Waals surface area (Å²) in [7, 11) is -1.49. The number of benzene rings is 19. The molecule has 140 heavy (non-hydrogen) atoms. The molecule has 0 aliphatic carbocycles. The minimum atomic E-state index is -1.49. The van der Waals surface area contributed by atoms with Crippen molar-refractivity contribution >= 4 is 238 Å². The predicted octanol–water partition coefficient (Wildman–Crippen LogP) is 38.8. The van der Waals surface area contributed by atoms with Crippen molar-refractivity contribution in [2.24, 2.45) is 0 Å². The molecular formula is C132H121ClN6Si. The van der Waals surface area contributed by atoms with Crippen molar-refractivity contribution in [3.8, 4) is 6.07 Å². The van der Waals surface area contributed by atoms with Crippen molar-refractivity contribution in [3.05, 3.63) is 371 Å². The zero-order valence-electron chi connectivity index (χ0n) is 84.5. The van der Waals surface area contributed by atoms with Crippen LogP contribution in [0.5, 0.6) is 0 Å². The summed E-state index contributed by atoms with van der Waals surface area (Å²) in [6.07, 6.45) is 0. The highest BCUT2D eigenvalue weighted by molar-refractivity contribution is 6.88. The molecule has 19 aromatic carbocycles. The van der Waals surface area contributed by atoms with E-state index in [2.05, 4.69) is 477 Å². The molecule has 6 aromatic heterocycles. The zero-order valence-corrected chi connectivity index (χ0v) is 86.3.